The number of aromatic nitrogens is 1. The minimum absolute atomic E-state index is 0.183. The molecule has 2 aromatic carbocycles. The molecule has 0 radical (unpaired) electrons. The van der Waals surface area contributed by atoms with E-state index in [1.165, 1.54) is 7.11 Å². The molecule has 1 aromatic heterocycles. The first kappa shape index (κ1) is 20.1. The van der Waals surface area contributed by atoms with E-state index < -0.39 is 5.97 Å². The van der Waals surface area contributed by atoms with Gasteiger partial charge in [0.15, 0.2) is 18.1 Å². The molecule has 1 heterocycles. The number of benzene rings is 2. The summed E-state index contributed by atoms with van der Waals surface area (Å²) in [6.45, 7) is 1.88. The van der Waals surface area contributed by atoms with Gasteiger partial charge in [0.05, 0.1) is 12.8 Å². The number of rotatable bonds is 8. The Hall–Kier alpha value is -3.60. The van der Waals surface area contributed by atoms with Crippen LogP contribution in [-0.2, 0) is 11.2 Å². The normalized spacial score (nSPS) is 10.7. The number of aryl methyl sites for hydroxylation is 1. The Labute approximate surface area is 170 Å². The number of carbonyl (C=O) groups is 1. The Morgan fingerprint density at radius 3 is 2.66 bits per heavy atom. The highest BCUT2D eigenvalue weighted by Crippen LogP contribution is 2.29. The fraction of sp³-hybridized carbons (Fsp3) is 0.167. The van der Waals surface area contributed by atoms with Gasteiger partial charge in [0.25, 0.3) is 0 Å². The first-order chi connectivity index (χ1) is 14.2. The van der Waals surface area contributed by atoms with Crippen LogP contribution in [0, 0.1) is 0 Å². The van der Waals surface area contributed by atoms with Crippen LogP contribution in [0.4, 0.5) is 0 Å². The molecule has 3 aromatic rings. The summed E-state index contributed by atoms with van der Waals surface area (Å²) in [5, 5.41) is 0. The average molecular weight is 389 g/mol. The Morgan fingerprint density at radius 2 is 1.90 bits per heavy atom. The van der Waals surface area contributed by atoms with Crippen LogP contribution < -0.4 is 14.2 Å². The van der Waals surface area contributed by atoms with E-state index in [1.807, 2.05) is 60.7 Å². The van der Waals surface area contributed by atoms with Crippen molar-refractivity contribution < 1.29 is 19.0 Å². The van der Waals surface area contributed by atoms with Gasteiger partial charge in [-0.15, -0.1) is 0 Å². The van der Waals surface area contributed by atoms with Crippen LogP contribution >= 0.6 is 0 Å². The maximum atomic E-state index is 12.2. The highest BCUT2D eigenvalue weighted by Gasteiger charge is 2.11. The zero-order valence-corrected chi connectivity index (χ0v) is 16.5. The molecule has 0 atom stereocenters. The number of carbonyl (C=O) groups excluding carboxylic acids is 1. The molecule has 0 N–H and O–H groups in total. The van der Waals surface area contributed by atoms with E-state index >= 15 is 0 Å². The van der Waals surface area contributed by atoms with Gasteiger partial charge < -0.3 is 14.2 Å². The molecule has 148 valence electrons. The monoisotopic (exact) mass is 389 g/mol. The molecule has 0 aliphatic carbocycles. The van der Waals surface area contributed by atoms with E-state index in [2.05, 4.69) is 11.9 Å². The third kappa shape index (κ3) is 5.94. The van der Waals surface area contributed by atoms with Gasteiger partial charge in [-0.25, -0.2) is 4.79 Å². The molecular weight excluding hydrogens is 366 g/mol. The second-order valence-corrected chi connectivity index (χ2v) is 6.26. The molecule has 29 heavy (non-hydrogen) atoms. The van der Waals surface area contributed by atoms with Crippen molar-refractivity contribution in [3.8, 4) is 17.2 Å². The van der Waals surface area contributed by atoms with Crippen LogP contribution in [0.3, 0.4) is 0 Å². The Morgan fingerprint density at radius 1 is 1.00 bits per heavy atom. The SMILES string of the molecule is CCc1cccc(OCC(=O)Oc2ccc(/C=C/c3ccccn3)cc2OC)c1. The van der Waals surface area contributed by atoms with Crippen molar-refractivity contribution in [2.75, 3.05) is 13.7 Å². The number of ether oxygens (including phenoxy) is 3. The highest BCUT2D eigenvalue weighted by molar-refractivity contribution is 5.76. The van der Waals surface area contributed by atoms with Crippen molar-refractivity contribution in [1.29, 1.82) is 0 Å². The van der Waals surface area contributed by atoms with Gasteiger partial charge in [-0.3, -0.25) is 4.98 Å². The predicted molar refractivity (Wildman–Crippen MR) is 113 cm³/mol. The fourth-order valence-corrected chi connectivity index (χ4v) is 2.68. The van der Waals surface area contributed by atoms with E-state index in [1.54, 1.807) is 18.3 Å². The maximum Gasteiger partial charge on any atom is 0.349 e. The van der Waals surface area contributed by atoms with Gasteiger partial charge in [-0.05, 0) is 60.0 Å². The molecule has 0 bridgehead atoms. The van der Waals surface area contributed by atoms with Crippen molar-refractivity contribution in [1.82, 2.24) is 4.98 Å². The summed E-state index contributed by atoms with van der Waals surface area (Å²) in [5.41, 5.74) is 2.90. The van der Waals surface area contributed by atoms with Crippen molar-refractivity contribution in [2.45, 2.75) is 13.3 Å². The Kier molecular flexibility index (Phi) is 7.00. The van der Waals surface area contributed by atoms with E-state index in [0.29, 0.717) is 17.2 Å². The first-order valence-electron chi connectivity index (χ1n) is 9.37. The fourth-order valence-electron chi connectivity index (χ4n) is 2.68. The largest absolute Gasteiger partial charge is 0.493 e. The van der Waals surface area contributed by atoms with Crippen molar-refractivity contribution in [3.05, 3.63) is 83.7 Å². The third-order valence-electron chi connectivity index (χ3n) is 4.21. The Bertz CT molecular complexity index is 983. The number of pyridine rings is 1. The molecule has 0 unspecified atom stereocenters. The molecule has 0 fully saturated rings. The second kappa shape index (κ2) is 10.1. The summed E-state index contributed by atoms with van der Waals surface area (Å²) < 4.78 is 16.3. The zero-order chi connectivity index (χ0) is 20.5. The second-order valence-electron chi connectivity index (χ2n) is 6.26. The lowest BCUT2D eigenvalue weighted by atomic mass is 10.1. The van der Waals surface area contributed by atoms with E-state index in [9.17, 15) is 4.79 Å². The number of methoxy groups -OCH3 is 1. The van der Waals surface area contributed by atoms with Gasteiger partial charge in [0.1, 0.15) is 5.75 Å². The highest BCUT2D eigenvalue weighted by atomic mass is 16.6. The van der Waals surface area contributed by atoms with Crippen LogP contribution in [0.25, 0.3) is 12.2 Å². The smallest absolute Gasteiger partial charge is 0.349 e. The van der Waals surface area contributed by atoms with Crippen molar-refractivity contribution >= 4 is 18.1 Å². The summed E-state index contributed by atoms with van der Waals surface area (Å²) >= 11 is 0. The number of hydrogen-bond acceptors (Lipinski definition) is 5. The summed E-state index contributed by atoms with van der Waals surface area (Å²) in [6, 6.07) is 18.7. The summed E-state index contributed by atoms with van der Waals surface area (Å²) in [7, 11) is 1.53. The zero-order valence-electron chi connectivity index (χ0n) is 16.5. The molecule has 3 rings (SSSR count). The third-order valence-corrected chi connectivity index (χ3v) is 4.21. The number of hydrogen-bond donors (Lipinski definition) is 0. The standard InChI is InChI=1S/C24H23NO4/c1-3-18-7-6-9-21(15-18)28-17-24(26)29-22-13-11-19(16-23(22)27-2)10-12-20-8-4-5-14-25-20/h4-16H,3,17H2,1-2H3/b12-10+. The minimum atomic E-state index is -0.498. The van der Waals surface area contributed by atoms with Crippen LogP contribution in [-0.4, -0.2) is 24.7 Å². The van der Waals surface area contributed by atoms with Crippen molar-refractivity contribution in [3.63, 3.8) is 0 Å². The van der Waals surface area contributed by atoms with Gasteiger partial charge in [-0.2, -0.15) is 0 Å². The van der Waals surface area contributed by atoms with Crippen LogP contribution in [0.15, 0.2) is 66.9 Å². The topological polar surface area (TPSA) is 57.7 Å². The van der Waals surface area contributed by atoms with Crippen LogP contribution in [0.5, 0.6) is 17.2 Å². The molecule has 0 aliphatic rings. The van der Waals surface area contributed by atoms with E-state index in [0.717, 1.165) is 23.2 Å². The minimum Gasteiger partial charge on any atom is -0.493 e. The summed E-state index contributed by atoms with van der Waals surface area (Å²) in [5.74, 6) is 0.957. The van der Waals surface area contributed by atoms with Crippen molar-refractivity contribution in [2.24, 2.45) is 0 Å². The lowest BCUT2D eigenvalue weighted by Crippen LogP contribution is -2.18. The summed E-state index contributed by atoms with van der Waals surface area (Å²) in [4.78, 5) is 16.4. The van der Waals surface area contributed by atoms with Gasteiger partial charge >= 0.3 is 5.97 Å². The molecule has 0 saturated carbocycles. The molecule has 0 amide bonds. The van der Waals surface area contributed by atoms with Gasteiger partial charge in [0.2, 0.25) is 0 Å². The molecular formula is C24H23NO4. The molecule has 0 spiro atoms. The molecule has 0 saturated heterocycles. The maximum absolute atomic E-state index is 12.2. The number of nitrogens with zero attached hydrogens (tertiary/aromatic N) is 1. The van der Waals surface area contributed by atoms with Gasteiger partial charge in [0, 0.05) is 6.20 Å². The van der Waals surface area contributed by atoms with E-state index in [-0.39, 0.29) is 6.61 Å². The molecule has 0 aliphatic heterocycles. The quantitative estimate of drug-likeness (QED) is 0.409. The lowest BCUT2D eigenvalue weighted by molar-refractivity contribution is -0.136. The predicted octanol–water partition coefficient (Wildman–Crippen LogP) is 4.81. The molecule has 5 heteroatoms. The first-order valence-corrected chi connectivity index (χ1v) is 9.37. The summed E-state index contributed by atoms with van der Waals surface area (Å²) in [6.07, 6.45) is 6.46. The number of esters is 1. The molecule has 5 nitrogen and oxygen atoms in total. The Balaban J connectivity index is 1.62. The van der Waals surface area contributed by atoms with Gasteiger partial charge in [-0.1, -0.05) is 37.3 Å². The van der Waals surface area contributed by atoms with Crippen LogP contribution in [0.1, 0.15) is 23.7 Å². The lowest BCUT2D eigenvalue weighted by Gasteiger charge is -2.11. The van der Waals surface area contributed by atoms with E-state index in [4.69, 9.17) is 14.2 Å². The van der Waals surface area contributed by atoms with Crippen LogP contribution in [0.2, 0.25) is 0 Å². The average Bonchev–Trinajstić information content (AvgIpc) is 2.77.